The van der Waals surface area contributed by atoms with Crippen LogP contribution in [0, 0.1) is 17.3 Å². The molecule has 3 rings (SSSR count). The Labute approximate surface area is 195 Å². The smallest absolute Gasteiger partial charge is 0.108 e. The van der Waals surface area contributed by atoms with Crippen molar-refractivity contribution in [3.63, 3.8) is 0 Å². The molecule has 1 aliphatic heterocycles. The molecule has 0 atom stereocenters. The van der Waals surface area contributed by atoms with Gasteiger partial charge in [-0.3, -0.25) is 4.90 Å². The third-order valence-electron chi connectivity index (χ3n) is 5.88. The number of piperazine rings is 1. The molecule has 0 bridgehead atoms. The molecule has 1 saturated carbocycles. The van der Waals surface area contributed by atoms with E-state index in [0.717, 1.165) is 57.7 Å². The van der Waals surface area contributed by atoms with Crippen LogP contribution in [0.4, 0.5) is 5.69 Å². The summed E-state index contributed by atoms with van der Waals surface area (Å²) in [6, 6.07) is 8.44. The van der Waals surface area contributed by atoms with Gasteiger partial charge in [-0.2, -0.15) is 0 Å². The first-order valence-electron chi connectivity index (χ1n) is 12.0. The van der Waals surface area contributed by atoms with Gasteiger partial charge < -0.3 is 19.5 Å². The topological polar surface area (TPSA) is 45.2 Å². The van der Waals surface area contributed by atoms with Gasteiger partial charge in [0.15, 0.2) is 0 Å². The van der Waals surface area contributed by atoms with E-state index in [2.05, 4.69) is 60.6 Å². The number of anilines is 1. The lowest BCUT2D eigenvalue weighted by molar-refractivity contribution is -0.158. The van der Waals surface area contributed by atoms with Crippen molar-refractivity contribution < 1.29 is 14.6 Å². The number of hydrogen-bond donors (Lipinski definition) is 1. The highest BCUT2D eigenvalue weighted by molar-refractivity contribution is 5.53. The van der Waals surface area contributed by atoms with Gasteiger partial charge in [-0.05, 0) is 44.4 Å². The lowest BCUT2D eigenvalue weighted by Crippen LogP contribution is -2.58. The summed E-state index contributed by atoms with van der Waals surface area (Å²) >= 11 is 0. The zero-order chi connectivity index (χ0) is 23.4. The zero-order valence-electron chi connectivity index (χ0n) is 20.9. The molecule has 1 aliphatic carbocycles. The summed E-state index contributed by atoms with van der Waals surface area (Å²) in [5, 5.41) is 10.9. The molecule has 1 saturated heterocycles. The summed E-state index contributed by atoms with van der Waals surface area (Å²) in [6.07, 6.45) is 1.71. The van der Waals surface area contributed by atoms with Crippen LogP contribution in [-0.2, 0) is 9.47 Å². The molecule has 0 unspecified atom stereocenters. The molecule has 178 valence electrons. The Kier molecular flexibility index (Phi) is 7.93. The fraction of sp³-hybridized carbons (Fsp3) is 0.704. The molecule has 0 amide bonds. The average Bonchev–Trinajstić information content (AvgIpc) is 2.67. The number of aliphatic hydroxyl groups is 1. The molecular weight excluding hydrogens is 400 g/mol. The van der Waals surface area contributed by atoms with Gasteiger partial charge in [0, 0.05) is 56.8 Å². The summed E-state index contributed by atoms with van der Waals surface area (Å²) < 4.78 is 11.6. The summed E-state index contributed by atoms with van der Waals surface area (Å²) in [5.41, 5.74) is 1.66. The average molecular weight is 443 g/mol. The van der Waals surface area contributed by atoms with Crippen LogP contribution in [0.2, 0.25) is 0 Å². The highest BCUT2D eigenvalue weighted by Crippen LogP contribution is 2.36. The molecule has 2 aliphatic rings. The summed E-state index contributed by atoms with van der Waals surface area (Å²) in [5.74, 6) is 6.34. The molecule has 1 aromatic carbocycles. The second-order valence-electron chi connectivity index (χ2n) is 11.6. The predicted octanol–water partition coefficient (Wildman–Crippen LogP) is 3.93. The summed E-state index contributed by atoms with van der Waals surface area (Å²) in [4.78, 5) is 4.80. The van der Waals surface area contributed by atoms with Crippen LogP contribution < -0.4 is 4.90 Å². The highest BCUT2D eigenvalue weighted by atomic mass is 16.5. The van der Waals surface area contributed by atoms with Gasteiger partial charge in [0.2, 0.25) is 0 Å². The molecule has 5 nitrogen and oxygen atoms in total. The Morgan fingerprint density at radius 3 is 2.38 bits per heavy atom. The number of nitrogens with zero attached hydrogens (tertiary/aromatic N) is 2. The van der Waals surface area contributed by atoms with Crippen LogP contribution in [0.1, 0.15) is 59.9 Å². The van der Waals surface area contributed by atoms with Gasteiger partial charge in [-0.15, -0.1) is 0 Å². The first-order chi connectivity index (χ1) is 14.9. The van der Waals surface area contributed by atoms with E-state index in [1.54, 1.807) is 0 Å². The van der Waals surface area contributed by atoms with Gasteiger partial charge in [0.25, 0.3) is 0 Å². The van der Waals surface area contributed by atoms with Gasteiger partial charge in [-0.25, -0.2) is 0 Å². The van der Waals surface area contributed by atoms with Crippen molar-refractivity contribution in [3.8, 4) is 11.8 Å². The van der Waals surface area contributed by atoms with Crippen molar-refractivity contribution >= 4 is 5.69 Å². The summed E-state index contributed by atoms with van der Waals surface area (Å²) in [7, 11) is 0. The molecule has 0 aromatic heterocycles. The molecule has 2 fully saturated rings. The third kappa shape index (κ3) is 8.08. The Hall–Kier alpha value is -1.58. The third-order valence-corrected chi connectivity index (χ3v) is 5.88. The van der Waals surface area contributed by atoms with Crippen LogP contribution in [0.5, 0.6) is 0 Å². The van der Waals surface area contributed by atoms with E-state index in [9.17, 15) is 5.11 Å². The minimum atomic E-state index is -0.588. The van der Waals surface area contributed by atoms with E-state index in [-0.39, 0.29) is 17.1 Å². The first-order valence-corrected chi connectivity index (χ1v) is 12.0. The first kappa shape index (κ1) is 25.1. The van der Waals surface area contributed by atoms with Crippen molar-refractivity contribution in [1.82, 2.24) is 4.90 Å². The van der Waals surface area contributed by atoms with E-state index < -0.39 is 5.60 Å². The molecule has 1 aromatic rings. The molecule has 0 radical (unpaired) electrons. The van der Waals surface area contributed by atoms with E-state index in [0.29, 0.717) is 6.61 Å². The lowest BCUT2D eigenvalue weighted by Gasteiger charge is -2.48. The van der Waals surface area contributed by atoms with Crippen LogP contribution in [0.25, 0.3) is 0 Å². The van der Waals surface area contributed by atoms with Crippen molar-refractivity contribution in [2.24, 2.45) is 5.41 Å². The van der Waals surface area contributed by atoms with Crippen molar-refractivity contribution in [1.29, 1.82) is 0 Å². The van der Waals surface area contributed by atoms with E-state index in [4.69, 9.17) is 9.47 Å². The highest BCUT2D eigenvalue weighted by Gasteiger charge is 2.45. The van der Waals surface area contributed by atoms with Crippen LogP contribution in [0.15, 0.2) is 24.3 Å². The van der Waals surface area contributed by atoms with Crippen LogP contribution >= 0.6 is 0 Å². The number of rotatable bonds is 6. The van der Waals surface area contributed by atoms with Gasteiger partial charge in [0.05, 0.1) is 23.9 Å². The Morgan fingerprint density at radius 1 is 1.06 bits per heavy atom. The van der Waals surface area contributed by atoms with E-state index in [1.807, 2.05) is 26.8 Å². The van der Waals surface area contributed by atoms with Crippen LogP contribution in [-0.4, -0.2) is 73.3 Å². The maximum atomic E-state index is 10.9. The maximum Gasteiger partial charge on any atom is 0.108 e. The van der Waals surface area contributed by atoms with Gasteiger partial charge in [-0.1, -0.05) is 38.7 Å². The number of hydrogen-bond acceptors (Lipinski definition) is 5. The van der Waals surface area contributed by atoms with Crippen molar-refractivity contribution in [2.75, 3.05) is 50.8 Å². The van der Waals surface area contributed by atoms with Crippen molar-refractivity contribution in [3.05, 3.63) is 29.8 Å². The SMILES string of the molecule is CC(C)(C)COC1CC(O)(CN2CCN(c3cccc(C#CCOC(C)(C)C)c3)CC2)C1. The maximum absolute atomic E-state index is 10.9. The lowest BCUT2D eigenvalue weighted by atomic mass is 9.76. The zero-order valence-corrected chi connectivity index (χ0v) is 20.9. The minimum absolute atomic E-state index is 0.163. The number of β-amino-alcohol motifs (C(OH)–C–C–N with tert-alkyl or cyclic N) is 1. The normalized spacial score (nSPS) is 24.6. The molecule has 1 N–H and O–H groups in total. The van der Waals surface area contributed by atoms with Gasteiger partial charge >= 0.3 is 0 Å². The Morgan fingerprint density at radius 2 is 1.75 bits per heavy atom. The second-order valence-corrected chi connectivity index (χ2v) is 11.6. The largest absolute Gasteiger partial charge is 0.388 e. The minimum Gasteiger partial charge on any atom is -0.388 e. The molecule has 32 heavy (non-hydrogen) atoms. The number of ether oxygens (including phenoxy) is 2. The monoisotopic (exact) mass is 442 g/mol. The standard InChI is InChI=1S/C27H42N2O3/c1-25(2,3)21-31-24-18-27(30,19-24)20-28-12-14-29(15-13-28)23-11-7-9-22(17-23)10-8-16-32-26(4,5)6/h7,9,11,17,24,30H,12-16,18-21H2,1-6H3. The van der Waals surface area contributed by atoms with Gasteiger partial charge in [0.1, 0.15) is 6.61 Å². The Balaban J connectivity index is 1.43. The fourth-order valence-corrected chi connectivity index (χ4v) is 4.15. The number of benzene rings is 1. The molecular formula is C27H42N2O3. The fourth-order valence-electron chi connectivity index (χ4n) is 4.15. The molecule has 5 heteroatoms. The molecule has 1 heterocycles. The Bertz CT molecular complexity index is 799. The predicted molar refractivity (Wildman–Crippen MR) is 131 cm³/mol. The summed E-state index contributed by atoms with van der Waals surface area (Å²) in [6.45, 7) is 18.5. The van der Waals surface area contributed by atoms with Crippen molar-refractivity contribution in [2.45, 2.75) is 71.7 Å². The quantitative estimate of drug-likeness (QED) is 0.677. The molecule has 0 spiro atoms. The van der Waals surface area contributed by atoms with E-state index in [1.165, 1.54) is 5.69 Å². The van der Waals surface area contributed by atoms with E-state index >= 15 is 0 Å². The second kappa shape index (κ2) is 10.1. The van der Waals surface area contributed by atoms with Crippen LogP contribution in [0.3, 0.4) is 0 Å².